The second kappa shape index (κ2) is 10.8. The van der Waals surface area contributed by atoms with Gasteiger partial charge in [-0.05, 0) is 42.1 Å². The van der Waals surface area contributed by atoms with Crippen molar-refractivity contribution in [2.24, 2.45) is 5.92 Å². The van der Waals surface area contributed by atoms with Gasteiger partial charge in [0.15, 0.2) is 6.61 Å². The van der Waals surface area contributed by atoms with Crippen molar-refractivity contribution in [3.63, 3.8) is 0 Å². The summed E-state index contributed by atoms with van der Waals surface area (Å²) in [6, 6.07) is 19.7. The third-order valence-electron chi connectivity index (χ3n) is 5.70. The molecule has 0 aliphatic carbocycles. The molecule has 0 saturated carbocycles. The van der Waals surface area contributed by atoms with Gasteiger partial charge in [-0.15, -0.1) is 0 Å². The Morgan fingerprint density at radius 3 is 2.49 bits per heavy atom. The van der Waals surface area contributed by atoms with Crippen molar-refractivity contribution >= 4 is 45.9 Å². The Bertz CT molecular complexity index is 1250. The van der Waals surface area contributed by atoms with E-state index in [2.05, 4.69) is 5.32 Å². The Labute approximate surface area is 202 Å². The number of carbonyl (C=O) groups excluding carboxylic acids is 4. The van der Waals surface area contributed by atoms with Crippen molar-refractivity contribution in [3.8, 4) is 0 Å². The molecule has 3 aromatic carbocycles. The Balaban J connectivity index is 1.30. The molecule has 8 nitrogen and oxygen atoms in total. The van der Waals surface area contributed by atoms with Crippen LogP contribution >= 0.6 is 0 Å². The van der Waals surface area contributed by atoms with Crippen LogP contribution in [0, 0.1) is 5.92 Å². The average Bonchev–Trinajstić information content (AvgIpc) is 3.27. The van der Waals surface area contributed by atoms with Crippen molar-refractivity contribution in [2.45, 2.75) is 19.8 Å². The molecule has 4 rings (SSSR count). The lowest BCUT2D eigenvalue weighted by atomic mass is 10.1. The number of ether oxygens (including phenoxy) is 2. The summed E-state index contributed by atoms with van der Waals surface area (Å²) in [5.41, 5.74) is 1.59. The predicted octanol–water partition coefficient (Wildman–Crippen LogP) is 3.94. The van der Waals surface area contributed by atoms with E-state index in [-0.39, 0.29) is 18.9 Å². The highest BCUT2D eigenvalue weighted by Crippen LogP contribution is 2.32. The van der Waals surface area contributed by atoms with Gasteiger partial charge in [0.2, 0.25) is 5.91 Å². The zero-order valence-corrected chi connectivity index (χ0v) is 19.4. The van der Waals surface area contributed by atoms with Crippen LogP contribution in [0.2, 0.25) is 0 Å². The summed E-state index contributed by atoms with van der Waals surface area (Å²) >= 11 is 0. The Hall–Kier alpha value is -4.20. The molecule has 1 fully saturated rings. The van der Waals surface area contributed by atoms with Gasteiger partial charge in [-0.3, -0.25) is 14.4 Å². The minimum absolute atomic E-state index is 0.0271. The molecule has 1 heterocycles. The maximum Gasteiger partial charge on any atom is 0.338 e. The number of nitrogens with zero attached hydrogens (tertiary/aromatic N) is 1. The van der Waals surface area contributed by atoms with E-state index in [0.29, 0.717) is 17.9 Å². The van der Waals surface area contributed by atoms with Gasteiger partial charge in [-0.1, -0.05) is 43.3 Å². The second-order valence-corrected chi connectivity index (χ2v) is 8.27. The van der Waals surface area contributed by atoms with E-state index in [9.17, 15) is 19.2 Å². The van der Waals surface area contributed by atoms with Crippen molar-refractivity contribution in [3.05, 3.63) is 72.3 Å². The van der Waals surface area contributed by atoms with E-state index in [0.717, 1.165) is 22.9 Å². The van der Waals surface area contributed by atoms with Crippen LogP contribution in [0.25, 0.3) is 10.8 Å². The fourth-order valence-corrected chi connectivity index (χ4v) is 3.96. The molecule has 0 radical (unpaired) electrons. The number of esters is 2. The molecule has 0 aromatic heterocycles. The van der Waals surface area contributed by atoms with Crippen LogP contribution in [-0.4, -0.2) is 43.5 Å². The maximum atomic E-state index is 12.7. The third kappa shape index (κ3) is 5.66. The van der Waals surface area contributed by atoms with E-state index in [1.165, 1.54) is 0 Å². The van der Waals surface area contributed by atoms with Gasteiger partial charge in [0.25, 0.3) is 5.91 Å². The van der Waals surface area contributed by atoms with Crippen LogP contribution in [0.3, 0.4) is 0 Å². The normalized spacial score (nSPS) is 15.2. The lowest BCUT2D eigenvalue weighted by Crippen LogP contribution is -2.28. The van der Waals surface area contributed by atoms with Gasteiger partial charge in [0.05, 0.1) is 23.8 Å². The summed E-state index contributed by atoms with van der Waals surface area (Å²) < 4.78 is 10.2. The Kier molecular flexibility index (Phi) is 7.40. The molecule has 1 aliphatic heterocycles. The van der Waals surface area contributed by atoms with Gasteiger partial charge in [0, 0.05) is 24.0 Å². The number of hydrogen-bond donors (Lipinski definition) is 1. The first-order valence-corrected chi connectivity index (χ1v) is 11.5. The molecule has 35 heavy (non-hydrogen) atoms. The fourth-order valence-electron chi connectivity index (χ4n) is 3.96. The van der Waals surface area contributed by atoms with Crippen LogP contribution in [0.5, 0.6) is 0 Å². The molecule has 2 amide bonds. The highest BCUT2D eigenvalue weighted by Gasteiger charge is 2.36. The minimum Gasteiger partial charge on any atom is -0.462 e. The lowest BCUT2D eigenvalue weighted by Gasteiger charge is -2.18. The molecule has 1 atom stereocenters. The molecular weight excluding hydrogens is 448 g/mol. The van der Waals surface area contributed by atoms with Gasteiger partial charge in [0.1, 0.15) is 0 Å². The van der Waals surface area contributed by atoms with Crippen molar-refractivity contribution in [1.82, 2.24) is 0 Å². The number of benzene rings is 3. The highest BCUT2D eigenvalue weighted by atomic mass is 16.5. The van der Waals surface area contributed by atoms with Gasteiger partial charge in [-0.25, -0.2) is 4.79 Å². The second-order valence-electron chi connectivity index (χ2n) is 8.27. The van der Waals surface area contributed by atoms with Gasteiger partial charge < -0.3 is 19.7 Å². The zero-order chi connectivity index (χ0) is 24.8. The van der Waals surface area contributed by atoms with Crippen molar-refractivity contribution in [1.29, 1.82) is 0 Å². The molecule has 1 aliphatic rings. The van der Waals surface area contributed by atoms with Gasteiger partial charge >= 0.3 is 11.9 Å². The third-order valence-corrected chi connectivity index (χ3v) is 5.70. The standard InChI is InChI=1S/C27H26N2O6/c1-2-14-34-26(32)19-10-12-21(13-11-19)28-24(30)17-35-27(33)20-15-25(31)29(16-20)23-9-5-7-18-6-3-4-8-22(18)23/h3-13,20H,2,14-17H2,1H3,(H,28,30)/t20-/m1/s1. The van der Waals surface area contributed by atoms with Crippen LogP contribution < -0.4 is 10.2 Å². The number of anilines is 2. The Morgan fingerprint density at radius 2 is 1.71 bits per heavy atom. The first kappa shape index (κ1) is 23.9. The van der Waals surface area contributed by atoms with E-state index in [1.807, 2.05) is 49.4 Å². The van der Waals surface area contributed by atoms with E-state index in [4.69, 9.17) is 9.47 Å². The topological polar surface area (TPSA) is 102 Å². The number of fused-ring (bicyclic) bond motifs is 1. The Morgan fingerprint density at radius 1 is 0.971 bits per heavy atom. The van der Waals surface area contributed by atoms with Crippen LogP contribution in [0.1, 0.15) is 30.1 Å². The fraction of sp³-hybridized carbons (Fsp3) is 0.259. The summed E-state index contributed by atoms with van der Waals surface area (Å²) in [6.07, 6.45) is 0.758. The van der Waals surface area contributed by atoms with E-state index < -0.39 is 30.4 Å². The van der Waals surface area contributed by atoms with E-state index >= 15 is 0 Å². The first-order valence-electron chi connectivity index (χ1n) is 11.5. The summed E-state index contributed by atoms with van der Waals surface area (Å²) in [4.78, 5) is 50.9. The van der Waals surface area contributed by atoms with Crippen LogP contribution in [0.15, 0.2) is 66.7 Å². The quantitative estimate of drug-likeness (QED) is 0.496. The number of nitrogens with one attached hydrogen (secondary N) is 1. The van der Waals surface area contributed by atoms with Crippen molar-refractivity contribution < 1.29 is 28.7 Å². The zero-order valence-electron chi connectivity index (χ0n) is 19.4. The molecule has 1 N–H and O–H groups in total. The summed E-state index contributed by atoms with van der Waals surface area (Å²) in [5, 5.41) is 4.55. The van der Waals surface area contributed by atoms with Crippen molar-refractivity contribution in [2.75, 3.05) is 30.0 Å². The highest BCUT2D eigenvalue weighted by molar-refractivity contribution is 6.06. The predicted molar refractivity (Wildman–Crippen MR) is 131 cm³/mol. The minimum atomic E-state index is -0.650. The molecule has 1 saturated heterocycles. The number of hydrogen-bond acceptors (Lipinski definition) is 6. The van der Waals surface area contributed by atoms with E-state index in [1.54, 1.807) is 29.2 Å². The molecule has 0 unspecified atom stereocenters. The number of carbonyl (C=O) groups is 4. The monoisotopic (exact) mass is 474 g/mol. The molecule has 0 spiro atoms. The largest absolute Gasteiger partial charge is 0.462 e. The van der Waals surface area contributed by atoms with Crippen LogP contribution in [0.4, 0.5) is 11.4 Å². The van der Waals surface area contributed by atoms with Gasteiger partial charge in [-0.2, -0.15) is 0 Å². The molecular formula is C27H26N2O6. The lowest BCUT2D eigenvalue weighted by molar-refractivity contribution is -0.151. The number of amides is 2. The molecule has 180 valence electrons. The summed E-state index contributed by atoms with van der Waals surface area (Å²) in [7, 11) is 0. The summed E-state index contributed by atoms with van der Waals surface area (Å²) in [5.74, 6) is -2.35. The first-order chi connectivity index (χ1) is 17.0. The smallest absolute Gasteiger partial charge is 0.338 e. The number of rotatable bonds is 8. The summed E-state index contributed by atoms with van der Waals surface area (Å²) in [6.45, 7) is 1.97. The average molecular weight is 475 g/mol. The maximum absolute atomic E-state index is 12.7. The molecule has 0 bridgehead atoms. The molecule has 3 aromatic rings. The molecule has 8 heteroatoms. The SMILES string of the molecule is CCCOC(=O)c1ccc(NC(=O)COC(=O)[C@@H]2CC(=O)N(c3cccc4ccccc34)C2)cc1. The van der Waals surface area contributed by atoms with Crippen LogP contribution in [-0.2, 0) is 23.9 Å².